The van der Waals surface area contributed by atoms with E-state index in [-0.39, 0.29) is 5.82 Å². The Morgan fingerprint density at radius 2 is 1.89 bits per heavy atom. The molecule has 0 spiro atoms. The van der Waals surface area contributed by atoms with Gasteiger partial charge in [0.15, 0.2) is 5.69 Å². The second kappa shape index (κ2) is 10.5. The van der Waals surface area contributed by atoms with Crippen LogP contribution in [0.3, 0.4) is 0 Å². The van der Waals surface area contributed by atoms with Crippen molar-refractivity contribution in [2.75, 3.05) is 5.32 Å². The number of aromatic nitrogens is 4. The van der Waals surface area contributed by atoms with Crippen LogP contribution in [0.5, 0.6) is 0 Å². The molecule has 0 aliphatic carbocycles. The first-order valence-corrected chi connectivity index (χ1v) is 10.1. The third-order valence-corrected chi connectivity index (χ3v) is 4.64. The Morgan fingerprint density at radius 3 is 2.50 bits per heavy atom. The van der Waals surface area contributed by atoms with Gasteiger partial charge >= 0.3 is 12.4 Å². The molecule has 0 bridgehead atoms. The summed E-state index contributed by atoms with van der Waals surface area (Å²) >= 11 is 0. The number of halogens is 6. The van der Waals surface area contributed by atoms with Crippen molar-refractivity contribution in [1.29, 1.82) is 0 Å². The standard InChI is InChI=1S/C23H18F6N6O/c1-3-7-30-10-14(2)16-4-5-19(32-11-16)33-20(36)13-35-12-17(21(34-35)23(27,28)29)15-6-8-31-18(9-15)22(24,25)26/h3-12H,1,13H2,2H3,(H,32,33,36)/b14-10+,30-7-. The molecule has 1 amide bonds. The fraction of sp³-hybridized carbons (Fsp3) is 0.174. The Hall–Kier alpha value is -4.29. The van der Waals surface area contributed by atoms with Crippen molar-refractivity contribution in [3.63, 3.8) is 0 Å². The van der Waals surface area contributed by atoms with Gasteiger partial charge in [0, 0.05) is 36.6 Å². The van der Waals surface area contributed by atoms with Crippen molar-refractivity contribution < 1.29 is 31.1 Å². The van der Waals surface area contributed by atoms with Gasteiger partial charge in [0.25, 0.3) is 0 Å². The smallest absolute Gasteiger partial charge is 0.309 e. The second-order valence-electron chi connectivity index (χ2n) is 7.34. The summed E-state index contributed by atoms with van der Waals surface area (Å²) in [6.45, 7) is 4.66. The van der Waals surface area contributed by atoms with E-state index >= 15 is 0 Å². The van der Waals surface area contributed by atoms with Crippen LogP contribution in [0.2, 0.25) is 0 Å². The van der Waals surface area contributed by atoms with E-state index in [1.165, 1.54) is 24.6 Å². The van der Waals surface area contributed by atoms with Crippen LogP contribution >= 0.6 is 0 Å². The summed E-state index contributed by atoms with van der Waals surface area (Å²) in [5, 5.41) is 5.82. The van der Waals surface area contributed by atoms with E-state index in [0.717, 1.165) is 29.6 Å². The van der Waals surface area contributed by atoms with Crippen molar-refractivity contribution >= 4 is 23.5 Å². The molecule has 0 aliphatic heterocycles. The average Bonchev–Trinajstić information content (AvgIpc) is 3.23. The van der Waals surface area contributed by atoms with Gasteiger partial charge in [-0.1, -0.05) is 12.7 Å². The van der Waals surface area contributed by atoms with Crippen LogP contribution in [-0.2, 0) is 23.7 Å². The Bertz CT molecular complexity index is 1310. The average molecular weight is 508 g/mol. The van der Waals surface area contributed by atoms with Crippen molar-refractivity contribution in [2.24, 2.45) is 4.99 Å². The number of alkyl halides is 6. The van der Waals surface area contributed by atoms with Crippen LogP contribution in [0.25, 0.3) is 16.7 Å². The summed E-state index contributed by atoms with van der Waals surface area (Å²) in [6.07, 6.45) is -2.15. The molecule has 188 valence electrons. The van der Waals surface area contributed by atoms with Gasteiger partial charge in [-0.3, -0.25) is 19.5 Å². The van der Waals surface area contributed by atoms with Gasteiger partial charge in [-0.2, -0.15) is 31.4 Å². The lowest BCUT2D eigenvalue weighted by Gasteiger charge is -2.09. The van der Waals surface area contributed by atoms with Crippen LogP contribution in [0.1, 0.15) is 23.9 Å². The molecule has 0 aromatic carbocycles. The number of carbonyl (C=O) groups excluding carboxylic acids is 1. The molecule has 0 aliphatic rings. The fourth-order valence-corrected chi connectivity index (χ4v) is 3.00. The number of rotatable bonds is 7. The van der Waals surface area contributed by atoms with E-state index in [0.29, 0.717) is 10.7 Å². The van der Waals surface area contributed by atoms with Crippen LogP contribution in [0, 0.1) is 0 Å². The molecular weight excluding hydrogens is 490 g/mol. The highest BCUT2D eigenvalue weighted by atomic mass is 19.4. The second-order valence-corrected chi connectivity index (χ2v) is 7.34. The third-order valence-electron chi connectivity index (χ3n) is 4.64. The maximum atomic E-state index is 13.5. The summed E-state index contributed by atoms with van der Waals surface area (Å²) in [5.74, 6) is -0.606. The van der Waals surface area contributed by atoms with Gasteiger partial charge in [-0.15, -0.1) is 0 Å². The minimum Gasteiger partial charge on any atom is -0.309 e. The highest BCUT2D eigenvalue weighted by Gasteiger charge is 2.39. The zero-order chi connectivity index (χ0) is 26.5. The Labute approximate surface area is 200 Å². The lowest BCUT2D eigenvalue weighted by atomic mass is 10.1. The van der Waals surface area contributed by atoms with Crippen molar-refractivity contribution in [3.8, 4) is 11.1 Å². The Morgan fingerprint density at radius 1 is 1.14 bits per heavy atom. The lowest BCUT2D eigenvalue weighted by molar-refractivity contribution is -0.141. The molecule has 0 atom stereocenters. The van der Waals surface area contributed by atoms with Gasteiger partial charge in [-0.25, -0.2) is 4.98 Å². The molecule has 3 aromatic rings. The Balaban J connectivity index is 1.79. The number of amides is 1. The van der Waals surface area contributed by atoms with E-state index < -0.39 is 47.3 Å². The number of carbonyl (C=O) groups is 1. The van der Waals surface area contributed by atoms with E-state index in [4.69, 9.17) is 0 Å². The van der Waals surface area contributed by atoms with Crippen LogP contribution < -0.4 is 5.32 Å². The quantitative estimate of drug-likeness (QED) is 0.331. The van der Waals surface area contributed by atoms with Crippen molar-refractivity contribution in [3.05, 3.63) is 78.7 Å². The predicted molar refractivity (Wildman–Crippen MR) is 121 cm³/mol. The minimum atomic E-state index is -4.97. The lowest BCUT2D eigenvalue weighted by Crippen LogP contribution is -2.20. The molecule has 36 heavy (non-hydrogen) atoms. The largest absolute Gasteiger partial charge is 0.435 e. The summed E-state index contributed by atoms with van der Waals surface area (Å²) < 4.78 is 80.2. The number of pyridine rings is 2. The summed E-state index contributed by atoms with van der Waals surface area (Å²) in [4.78, 5) is 23.6. The fourth-order valence-electron chi connectivity index (χ4n) is 3.00. The number of anilines is 1. The summed E-state index contributed by atoms with van der Waals surface area (Å²) in [6, 6.07) is 4.64. The van der Waals surface area contributed by atoms with E-state index in [9.17, 15) is 31.1 Å². The maximum absolute atomic E-state index is 13.5. The molecule has 0 fully saturated rings. The molecule has 7 nitrogen and oxygen atoms in total. The molecule has 13 heteroatoms. The molecule has 3 heterocycles. The topological polar surface area (TPSA) is 85.1 Å². The van der Waals surface area contributed by atoms with Crippen LogP contribution in [0.15, 0.2) is 66.7 Å². The SMILES string of the molecule is C=C/C=N\C=C(/C)c1ccc(NC(=O)Cn2cc(-c3ccnc(C(F)(F)F)c3)c(C(F)(F)F)n2)nc1. The highest BCUT2D eigenvalue weighted by molar-refractivity contribution is 5.89. The summed E-state index contributed by atoms with van der Waals surface area (Å²) in [7, 11) is 0. The normalized spacial score (nSPS) is 12.7. The van der Waals surface area contributed by atoms with E-state index in [2.05, 4.69) is 32.0 Å². The van der Waals surface area contributed by atoms with Gasteiger partial charge < -0.3 is 5.32 Å². The maximum Gasteiger partial charge on any atom is 0.435 e. The Kier molecular flexibility index (Phi) is 7.71. The predicted octanol–water partition coefficient (Wildman–Crippen LogP) is 5.63. The van der Waals surface area contributed by atoms with Gasteiger partial charge in [0.2, 0.25) is 5.91 Å². The number of nitrogens with one attached hydrogen (secondary N) is 1. The van der Waals surface area contributed by atoms with Crippen LogP contribution in [-0.4, -0.2) is 31.9 Å². The number of aliphatic imine (C=N–C) groups is 1. The van der Waals surface area contributed by atoms with E-state index in [1.807, 2.05) is 0 Å². The highest BCUT2D eigenvalue weighted by Crippen LogP contribution is 2.37. The summed E-state index contributed by atoms with van der Waals surface area (Å²) in [5.41, 5.74) is -2.30. The molecule has 1 N–H and O–H groups in total. The number of nitrogens with zero attached hydrogens (tertiary/aromatic N) is 5. The molecule has 3 aromatic heterocycles. The van der Waals surface area contributed by atoms with Crippen molar-refractivity contribution in [1.82, 2.24) is 19.7 Å². The molecular formula is C23H18F6N6O. The minimum absolute atomic E-state index is 0.138. The van der Waals surface area contributed by atoms with E-state index in [1.54, 1.807) is 19.2 Å². The number of hydrogen-bond donors (Lipinski definition) is 1. The monoisotopic (exact) mass is 508 g/mol. The first-order chi connectivity index (χ1) is 16.9. The molecule has 0 saturated carbocycles. The first-order valence-electron chi connectivity index (χ1n) is 10.1. The molecule has 3 rings (SSSR count). The molecule has 0 radical (unpaired) electrons. The zero-order valence-corrected chi connectivity index (χ0v) is 18.6. The van der Waals surface area contributed by atoms with Crippen LogP contribution in [0.4, 0.5) is 32.2 Å². The molecule has 0 saturated heterocycles. The van der Waals surface area contributed by atoms with Gasteiger partial charge in [-0.05, 0) is 47.9 Å². The number of allylic oxidation sites excluding steroid dienone is 2. The molecule has 0 unspecified atom stereocenters. The van der Waals surface area contributed by atoms with Gasteiger partial charge in [0.1, 0.15) is 18.1 Å². The first kappa shape index (κ1) is 26.3. The van der Waals surface area contributed by atoms with Crippen molar-refractivity contribution in [2.45, 2.75) is 25.8 Å². The third kappa shape index (κ3) is 6.64. The zero-order valence-electron chi connectivity index (χ0n) is 18.6. The number of hydrogen-bond acceptors (Lipinski definition) is 5. The van der Waals surface area contributed by atoms with Gasteiger partial charge in [0.05, 0.1) is 0 Å².